The van der Waals surface area contributed by atoms with Crippen LogP contribution in [0.1, 0.15) is 55.6 Å². The Bertz CT molecular complexity index is 2490. The van der Waals surface area contributed by atoms with Gasteiger partial charge >= 0.3 is 12.4 Å². The normalized spacial score (nSPS) is 13.0. The summed E-state index contributed by atoms with van der Waals surface area (Å²) in [4.78, 5) is 0. The first-order valence-electron chi connectivity index (χ1n) is 13.8. The lowest BCUT2D eigenvalue weighted by Crippen LogP contribution is -2.10. The van der Waals surface area contributed by atoms with Crippen LogP contribution in [0.4, 0.5) is 35.1 Å². The Morgan fingerprint density at radius 3 is 1.06 bits per heavy atom. The molecule has 8 nitrogen and oxygen atoms in total. The highest BCUT2D eigenvalue weighted by atomic mass is 19.4. The molecule has 3 aromatic carbocycles. The molecule has 0 radical (unpaired) electrons. The minimum Gasteiger partial charge on any atom is -0.206 e. The van der Waals surface area contributed by atoms with Crippen LogP contribution < -0.4 is 0 Å². The SMILES string of the molecule is N#CC(C#N)=C1C(c2ccc(C#N)cc2C(F)(F)F)=C(C#N)c2c(F)c3c(c(F)c21)C(=C(C#N)C#N)C(c1ccc(C#N)cc1C(F)(F)F)=C3C#N. The highest BCUT2D eigenvalue weighted by Crippen LogP contribution is 2.58. The third kappa shape index (κ3) is 5.06. The molecule has 5 rings (SSSR count). The van der Waals surface area contributed by atoms with Crippen molar-refractivity contribution in [1.82, 2.24) is 0 Å². The van der Waals surface area contributed by atoms with Gasteiger partial charge in [-0.1, -0.05) is 12.1 Å². The van der Waals surface area contributed by atoms with E-state index in [9.17, 15) is 68.4 Å². The molecule has 0 atom stereocenters. The monoisotopic (exact) mass is 702 g/mol. The number of fused-ring (bicyclic) bond motifs is 2. The molecule has 0 aromatic heterocycles. The molecule has 0 unspecified atom stereocenters. The van der Waals surface area contributed by atoms with Crippen molar-refractivity contribution in [1.29, 1.82) is 42.1 Å². The number of hydrogen-bond acceptors (Lipinski definition) is 8. The first kappa shape index (κ1) is 35.3. The molecule has 246 valence electrons. The molecule has 0 fully saturated rings. The number of halogens is 8. The molecule has 0 bridgehead atoms. The average molecular weight is 702 g/mol. The number of nitrogens with zero attached hydrogens (tertiary/aromatic N) is 8. The maximum Gasteiger partial charge on any atom is 0.417 e. The van der Waals surface area contributed by atoms with Crippen molar-refractivity contribution in [2.45, 2.75) is 12.4 Å². The van der Waals surface area contributed by atoms with E-state index >= 15 is 8.78 Å². The second-order valence-corrected chi connectivity index (χ2v) is 10.5. The van der Waals surface area contributed by atoms with Crippen molar-refractivity contribution >= 4 is 33.4 Å². The van der Waals surface area contributed by atoms with Crippen LogP contribution in [0.3, 0.4) is 0 Å². The first-order valence-corrected chi connectivity index (χ1v) is 13.8. The average Bonchev–Trinajstić information content (AvgIpc) is 3.64. The summed E-state index contributed by atoms with van der Waals surface area (Å²) in [6.07, 6.45) is -10.6. The van der Waals surface area contributed by atoms with E-state index in [2.05, 4.69) is 0 Å². The molecular weight excluding hydrogens is 696 g/mol. The lowest BCUT2D eigenvalue weighted by atomic mass is 9.86. The minimum absolute atomic E-state index is 0.342. The molecule has 0 N–H and O–H groups in total. The Morgan fingerprint density at radius 2 is 0.788 bits per heavy atom. The minimum atomic E-state index is -5.30. The predicted molar refractivity (Wildman–Crippen MR) is 160 cm³/mol. The molecule has 0 aliphatic heterocycles. The number of rotatable bonds is 2. The number of allylic oxidation sites excluding steroid dienone is 8. The van der Waals surface area contributed by atoms with Gasteiger partial charge in [-0.3, -0.25) is 0 Å². The van der Waals surface area contributed by atoms with E-state index in [1.807, 2.05) is 0 Å². The number of nitriles is 8. The van der Waals surface area contributed by atoms with Crippen molar-refractivity contribution in [3.05, 3.63) is 115 Å². The van der Waals surface area contributed by atoms with Crippen molar-refractivity contribution in [2.75, 3.05) is 0 Å². The maximum atomic E-state index is 17.2. The van der Waals surface area contributed by atoms with Crippen LogP contribution in [-0.2, 0) is 12.4 Å². The van der Waals surface area contributed by atoms with E-state index in [1.54, 1.807) is 0 Å². The fraction of sp³-hybridized carbons (Fsp3) is 0.0556. The summed E-state index contributed by atoms with van der Waals surface area (Å²) in [6, 6.07) is 14.9. The largest absolute Gasteiger partial charge is 0.417 e. The van der Waals surface area contributed by atoms with Gasteiger partial charge in [-0.25, -0.2) is 8.78 Å². The lowest BCUT2D eigenvalue weighted by molar-refractivity contribution is -0.138. The third-order valence-corrected chi connectivity index (χ3v) is 8.00. The summed E-state index contributed by atoms with van der Waals surface area (Å²) in [5, 5.41) is 78.3. The highest BCUT2D eigenvalue weighted by molar-refractivity contribution is 6.30. The highest BCUT2D eigenvalue weighted by Gasteiger charge is 2.47. The van der Waals surface area contributed by atoms with Crippen molar-refractivity contribution in [3.63, 3.8) is 0 Å². The van der Waals surface area contributed by atoms with Crippen molar-refractivity contribution in [3.8, 4) is 48.6 Å². The zero-order chi connectivity index (χ0) is 38.4. The molecule has 2 aliphatic rings. The number of hydrogen-bond donors (Lipinski definition) is 0. The summed E-state index contributed by atoms with van der Waals surface area (Å²) < 4.78 is 121. The Kier molecular flexibility index (Phi) is 8.45. The Morgan fingerprint density at radius 1 is 0.462 bits per heavy atom. The van der Waals surface area contributed by atoms with Gasteiger partial charge in [0.1, 0.15) is 59.2 Å². The molecule has 0 spiro atoms. The lowest BCUT2D eigenvalue weighted by Gasteiger charge is -2.17. The van der Waals surface area contributed by atoms with Gasteiger partial charge in [-0.05, 0) is 35.4 Å². The smallest absolute Gasteiger partial charge is 0.206 e. The molecule has 2 aliphatic carbocycles. The summed E-state index contributed by atoms with van der Waals surface area (Å²) in [6.45, 7) is 0. The van der Waals surface area contributed by atoms with Crippen LogP contribution in [-0.4, -0.2) is 0 Å². The molecule has 0 saturated heterocycles. The van der Waals surface area contributed by atoms with E-state index < -0.39 is 124 Å². The van der Waals surface area contributed by atoms with Gasteiger partial charge in [0, 0.05) is 44.5 Å². The Labute approximate surface area is 286 Å². The van der Waals surface area contributed by atoms with Gasteiger partial charge in [-0.2, -0.15) is 68.4 Å². The molecular formula is C36H6F8N8. The summed E-state index contributed by atoms with van der Waals surface area (Å²) >= 11 is 0. The van der Waals surface area contributed by atoms with Crippen LogP contribution in [0.25, 0.3) is 33.4 Å². The second kappa shape index (κ2) is 12.5. The van der Waals surface area contributed by atoms with Crippen LogP contribution in [0.15, 0.2) is 47.5 Å². The van der Waals surface area contributed by atoms with Gasteiger partial charge in [0.2, 0.25) is 0 Å². The van der Waals surface area contributed by atoms with Crippen molar-refractivity contribution in [2.24, 2.45) is 0 Å². The zero-order valence-electron chi connectivity index (χ0n) is 25.1. The fourth-order valence-electron chi connectivity index (χ4n) is 6.05. The fourth-order valence-corrected chi connectivity index (χ4v) is 6.05. The standard InChI is InChI=1S/C36H6F8N8/c37-33-29-21(13-51)27(19-3-1-15(7-45)5-23(19)35(39,40)41)25(17(9-47)10-48)31(29)34(38)32-26(18(11-49)12-50)28(22(14-52)30(32)33)20-4-2-16(8-46)6-24(20)36(42,43)44/h1-6H. The second-order valence-electron chi connectivity index (χ2n) is 10.5. The van der Waals surface area contributed by atoms with Gasteiger partial charge in [0.25, 0.3) is 0 Å². The molecule has 3 aromatic rings. The maximum absolute atomic E-state index is 17.2. The molecule has 52 heavy (non-hydrogen) atoms. The Balaban J connectivity index is 2.08. The van der Waals surface area contributed by atoms with Gasteiger partial charge in [0.05, 0.1) is 45.5 Å². The van der Waals surface area contributed by atoms with Crippen LogP contribution in [0.5, 0.6) is 0 Å². The molecule has 0 amide bonds. The molecule has 0 saturated carbocycles. The summed E-state index contributed by atoms with van der Waals surface area (Å²) in [7, 11) is 0. The van der Waals surface area contributed by atoms with E-state index in [4.69, 9.17) is 0 Å². The number of alkyl halides is 6. The van der Waals surface area contributed by atoms with E-state index in [1.165, 1.54) is 48.6 Å². The first-order chi connectivity index (χ1) is 24.6. The molecule has 16 heteroatoms. The summed E-state index contributed by atoms with van der Waals surface area (Å²) in [5.41, 5.74) is -19.8. The van der Waals surface area contributed by atoms with Crippen LogP contribution in [0.2, 0.25) is 0 Å². The van der Waals surface area contributed by atoms with Crippen LogP contribution in [0, 0.1) is 102 Å². The van der Waals surface area contributed by atoms with E-state index in [0.29, 0.717) is 24.3 Å². The van der Waals surface area contributed by atoms with Gasteiger partial charge in [0.15, 0.2) is 0 Å². The molecule has 0 heterocycles. The topological polar surface area (TPSA) is 190 Å². The summed E-state index contributed by atoms with van der Waals surface area (Å²) in [5.74, 6) is -3.62. The third-order valence-electron chi connectivity index (χ3n) is 8.00. The zero-order valence-corrected chi connectivity index (χ0v) is 25.1. The Hall–Kier alpha value is -8.02. The predicted octanol–water partition coefficient (Wildman–Crippen LogP) is 8.24. The van der Waals surface area contributed by atoms with Gasteiger partial charge in [-0.15, -0.1) is 0 Å². The van der Waals surface area contributed by atoms with Gasteiger partial charge < -0.3 is 0 Å². The van der Waals surface area contributed by atoms with E-state index in [0.717, 1.165) is 12.1 Å². The number of benzene rings is 3. The van der Waals surface area contributed by atoms with Crippen LogP contribution >= 0.6 is 0 Å². The quantitative estimate of drug-likeness (QED) is 0.188. The van der Waals surface area contributed by atoms with Crippen molar-refractivity contribution < 1.29 is 35.1 Å². The van der Waals surface area contributed by atoms with E-state index in [-0.39, 0.29) is 0 Å².